The van der Waals surface area contributed by atoms with Gasteiger partial charge in [-0.15, -0.1) is 12.4 Å². The number of halogens is 1. The Morgan fingerprint density at radius 3 is 2.53 bits per heavy atom. The van der Waals surface area contributed by atoms with Crippen molar-refractivity contribution < 1.29 is 9.90 Å². The summed E-state index contributed by atoms with van der Waals surface area (Å²) in [6.07, 6.45) is 14.9. The Bertz CT molecular complexity index is 1710. The van der Waals surface area contributed by atoms with E-state index >= 15 is 0 Å². The Hall–Kier alpha value is -4.15. The van der Waals surface area contributed by atoms with Crippen molar-refractivity contribution in [3.05, 3.63) is 125 Å². The SMILES string of the molecule is C1=CC2=C(CC1)CCc1c2ccc2ccccc12.Cc1c(-n2ccnc2)ccc2ccc(C(=O)O)cc12.Cl. The fourth-order valence-electron chi connectivity index (χ4n) is 5.66. The van der Waals surface area contributed by atoms with Gasteiger partial charge >= 0.3 is 5.97 Å². The van der Waals surface area contributed by atoms with Crippen LogP contribution in [0.3, 0.4) is 0 Å². The average molecular weight is 521 g/mol. The maximum atomic E-state index is 11.1. The summed E-state index contributed by atoms with van der Waals surface area (Å²) in [6.45, 7) is 1.99. The number of hydrogen-bond donors (Lipinski definition) is 1. The van der Waals surface area contributed by atoms with E-state index in [0.717, 1.165) is 22.0 Å². The zero-order valence-corrected chi connectivity index (χ0v) is 22.0. The topological polar surface area (TPSA) is 55.1 Å². The fraction of sp³-hybridized carbons (Fsp3) is 0.152. The van der Waals surface area contributed by atoms with Gasteiger partial charge in [-0.05, 0) is 94.6 Å². The first-order valence-corrected chi connectivity index (χ1v) is 12.7. The van der Waals surface area contributed by atoms with Crippen molar-refractivity contribution in [2.24, 2.45) is 0 Å². The molecule has 0 radical (unpaired) electrons. The molecule has 190 valence electrons. The lowest BCUT2D eigenvalue weighted by Gasteiger charge is -2.25. The number of aromatic carboxylic acids is 1. The lowest BCUT2D eigenvalue weighted by atomic mass is 9.80. The van der Waals surface area contributed by atoms with Crippen LogP contribution in [0.25, 0.3) is 32.8 Å². The van der Waals surface area contributed by atoms with Crippen molar-refractivity contribution in [3.63, 3.8) is 0 Å². The highest BCUT2D eigenvalue weighted by atomic mass is 35.5. The predicted octanol–water partition coefficient (Wildman–Crippen LogP) is 8.34. The highest BCUT2D eigenvalue weighted by molar-refractivity contribution is 5.97. The van der Waals surface area contributed by atoms with Gasteiger partial charge in [0.05, 0.1) is 17.6 Å². The number of imidazole rings is 1. The summed E-state index contributed by atoms with van der Waals surface area (Å²) in [6, 6.07) is 22.5. The van der Waals surface area contributed by atoms with Gasteiger partial charge in [-0.2, -0.15) is 0 Å². The van der Waals surface area contributed by atoms with Gasteiger partial charge in [-0.1, -0.05) is 66.3 Å². The highest BCUT2D eigenvalue weighted by Crippen LogP contribution is 2.39. The number of carbonyl (C=O) groups is 1. The van der Waals surface area contributed by atoms with Crippen LogP contribution in [0.5, 0.6) is 0 Å². The second-order valence-electron chi connectivity index (χ2n) is 9.69. The molecule has 1 N–H and O–H groups in total. The number of carboxylic acids is 1. The molecular weight excluding hydrogens is 492 g/mol. The summed E-state index contributed by atoms with van der Waals surface area (Å²) in [5, 5.41) is 13.9. The summed E-state index contributed by atoms with van der Waals surface area (Å²) in [5.41, 5.74) is 8.56. The zero-order valence-electron chi connectivity index (χ0n) is 21.2. The molecule has 0 atom stereocenters. The third-order valence-electron chi connectivity index (χ3n) is 7.58. The molecule has 0 saturated carbocycles. The Balaban J connectivity index is 0.000000151. The van der Waals surface area contributed by atoms with Gasteiger partial charge in [0.25, 0.3) is 0 Å². The van der Waals surface area contributed by atoms with Crippen LogP contribution in [0, 0.1) is 6.92 Å². The van der Waals surface area contributed by atoms with Crippen molar-refractivity contribution in [2.45, 2.75) is 32.6 Å². The van der Waals surface area contributed by atoms with Gasteiger partial charge < -0.3 is 9.67 Å². The summed E-state index contributed by atoms with van der Waals surface area (Å²) in [5.74, 6) is -0.908. The summed E-state index contributed by atoms with van der Waals surface area (Å²) >= 11 is 0. The van der Waals surface area contributed by atoms with Crippen molar-refractivity contribution >= 4 is 45.5 Å². The fourth-order valence-corrected chi connectivity index (χ4v) is 5.66. The summed E-state index contributed by atoms with van der Waals surface area (Å²) < 4.78 is 1.92. The van der Waals surface area contributed by atoms with E-state index < -0.39 is 5.97 Å². The van der Waals surface area contributed by atoms with Gasteiger partial charge in [0.15, 0.2) is 0 Å². The monoisotopic (exact) mass is 520 g/mol. The van der Waals surface area contributed by atoms with Crippen LogP contribution in [0.2, 0.25) is 0 Å². The predicted molar refractivity (Wildman–Crippen MR) is 158 cm³/mol. The smallest absolute Gasteiger partial charge is 0.335 e. The zero-order chi connectivity index (χ0) is 25.4. The molecule has 4 nitrogen and oxygen atoms in total. The molecule has 0 spiro atoms. The molecule has 7 rings (SSSR count). The number of aromatic nitrogens is 2. The Labute approximate surface area is 228 Å². The Morgan fingerprint density at radius 1 is 0.921 bits per heavy atom. The summed E-state index contributed by atoms with van der Waals surface area (Å²) in [4.78, 5) is 15.1. The molecule has 1 aromatic heterocycles. The van der Waals surface area contributed by atoms with Gasteiger partial charge in [0.2, 0.25) is 0 Å². The number of rotatable bonds is 2. The van der Waals surface area contributed by atoms with E-state index in [9.17, 15) is 4.79 Å². The molecule has 5 heteroatoms. The maximum Gasteiger partial charge on any atom is 0.335 e. The number of nitrogens with zero attached hydrogens (tertiary/aromatic N) is 2. The second-order valence-corrected chi connectivity index (χ2v) is 9.69. The van der Waals surface area contributed by atoms with E-state index in [1.165, 1.54) is 47.6 Å². The average Bonchev–Trinajstić information content (AvgIpc) is 3.48. The molecule has 1 heterocycles. The number of aryl methyl sites for hydroxylation is 2. The first kappa shape index (κ1) is 25.5. The molecule has 2 aliphatic carbocycles. The van der Waals surface area contributed by atoms with Crippen LogP contribution in [0.4, 0.5) is 0 Å². The van der Waals surface area contributed by atoms with Crippen LogP contribution in [-0.2, 0) is 6.42 Å². The normalized spacial score (nSPS) is 13.8. The van der Waals surface area contributed by atoms with E-state index in [1.54, 1.807) is 35.8 Å². The molecule has 38 heavy (non-hydrogen) atoms. The minimum absolute atomic E-state index is 0. The minimum atomic E-state index is -0.908. The van der Waals surface area contributed by atoms with Gasteiger partial charge in [0.1, 0.15) is 0 Å². The molecule has 0 amide bonds. The van der Waals surface area contributed by atoms with E-state index in [1.807, 2.05) is 35.9 Å². The second kappa shape index (κ2) is 10.7. The van der Waals surface area contributed by atoms with Gasteiger partial charge in [-0.25, -0.2) is 9.78 Å². The van der Waals surface area contributed by atoms with Crippen LogP contribution < -0.4 is 0 Å². The van der Waals surface area contributed by atoms with Crippen LogP contribution in [0.15, 0.2) is 103 Å². The molecule has 0 unspecified atom stereocenters. The third kappa shape index (κ3) is 4.64. The van der Waals surface area contributed by atoms with Gasteiger partial charge in [-0.3, -0.25) is 0 Å². The largest absolute Gasteiger partial charge is 0.478 e. The molecule has 0 saturated heterocycles. The number of allylic oxidation sites excluding steroid dienone is 4. The maximum absolute atomic E-state index is 11.1. The Morgan fingerprint density at radius 2 is 1.71 bits per heavy atom. The van der Waals surface area contributed by atoms with Crippen LogP contribution in [0.1, 0.15) is 46.3 Å². The molecule has 4 aromatic carbocycles. The number of benzene rings is 4. The van der Waals surface area contributed by atoms with E-state index in [2.05, 4.69) is 53.5 Å². The van der Waals surface area contributed by atoms with Crippen molar-refractivity contribution in [3.8, 4) is 5.69 Å². The van der Waals surface area contributed by atoms with Crippen molar-refractivity contribution in [1.29, 1.82) is 0 Å². The standard InChI is InChI=1S/C18H16.C15H12N2O2.ClH/c1-3-7-15-13(5-1)9-11-18-16-8-4-2-6-14(16)10-12-17(15)18;1-10-13-8-12(15(18)19)3-2-11(13)4-5-14(10)17-7-6-16-9-17;/h1,3-5,7-9,11H,2,6,10,12H2;2-9H,1H3,(H,18,19);1H. The lowest BCUT2D eigenvalue weighted by Crippen LogP contribution is -2.06. The van der Waals surface area contributed by atoms with E-state index in [0.29, 0.717) is 5.56 Å². The quantitative estimate of drug-likeness (QED) is 0.254. The molecule has 5 aromatic rings. The summed E-state index contributed by atoms with van der Waals surface area (Å²) in [7, 11) is 0. The molecule has 0 fully saturated rings. The van der Waals surface area contributed by atoms with Crippen molar-refractivity contribution in [1.82, 2.24) is 9.55 Å². The van der Waals surface area contributed by atoms with Gasteiger partial charge in [0, 0.05) is 12.4 Å². The number of fused-ring (bicyclic) bond motifs is 5. The van der Waals surface area contributed by atoms with E-state index in [-0.39, 0.29) is 12.4 Å². The minimum Gasteiger partial charge on any atom is -0.478 e. The number of carboxylic acid groups (broad SMARTS) is 1. The van der Waals surface area contributed by atoms with Crippen molar-refractivity contribution in [2.75, 3.05) is 0 Å². The molecular formula is C33H29ClN2O2. The van der Waals surface area contributed by atoms with E-state index in [4.69, 9.17) is 5.11 Å². The van der Waals surface area contributed by atoms with Crippen LogP contribution >= 0.6 is 12.4 Å². The first-order chi connectivity index (χ1) is 18.1. The highest BCUT2D eigenvalue weighted by Gasteiger charge is 2.20. The molecule has 0 bridgehead atoms. The molecule has 2 aliphatic rings. The third-order valence-corrected chi connectivity index (χ3v) is 7.58. The first-order valence-electron chi connectivity index (χ1n) is 12.7. The van der Waals surface area contributed by atoms with Crippen LogP contribution in [-0.4, -0.2) is 20.6 Å². The number of hydrogen-bond acceptors (Lipinski definition) is 2. The Kier molecular flexibility index (Phi) is 7.17. The lowest BCUT2D eigenvalue weighted by molar-refractivity contribution is 0.0697. The molecule has 0 aliphatic heterocycles.